The van der Waals surface area contributed by atoms with Gasteiger partial charge in [-0.25, -0.2) is 0 Å². The molecule has 0 unspecified atom stereocenters. The standard InChI is InChI=1S/C25H38N2O4/c1-2-29-17-13-24(28)26-21-8-6-19(7-9-21)10-14-27-15-11-20(12-16-27)22-4-3-5-23-25(22)31-18-30-23/h3-5,19-21H,2,6-18H2,1H3,(H,26,28)/t19-,21-. The first-order chi connectivity index (χ1) is 15.2. The molecule has 1 amide bonds. The number of likely N-dealkylation sites (tertiary alicyclic amines) is 1. The van der Waals surface area contributed by atoms with Crippen LogP contribution in [-0.2, 0) is 9.53 Å². The molecular weight excluding hydrogens is 392 g/mol. The summed E-state index contributed by atoms with van der Waals surface area (Å²) < 4.78 is 16.5. The molecule has 6 heteroatoms. The van der Waals surface area contributed by atoms with E-state index in [-0.39, 0.29) is 5.91 Å². The van der Waals surface area contributed by atoms with Gasteiger partial charge in [0.15, 0.2) is 11.5 Å². The van der Waals surface area contributed by atoms with Crippen molar-refractivity contribution in [3.8, 4) is 11.5 Å². The van der Waals surface area contributed by atoms with Gasteiger partial charge in [-0.1, -0.05) is 12.1 Å². The zero-order valence-electron chi connectivity index (χ0n) is 18.9. The number of carbonyl (C=O) groups is 1. The molecule has 0 radical (unpaired) electrons. The predicted molar refractivity (Wildman–Crippen MR) is 121 cm³/mol. The van der Waals surface area contributed by atoms with E-state index in [1.165, 1.54) is 57.3 Å². The molecule has 2 heterocycles. The average Bonchev–Trinajstić information content (AvgIpc) is 3.28. The molecule has 4 rings (SSSR count). The maximum absolute atomic E-state index is 12.0. The van der Waals surface area contributed by atoms with Crippen LogP contribution in [0.4, 0.5) is 0 Å². The second kappa shape index (κ2) is 11.2. The number of para-hydroxylation sites is 1. The largest absolute Gasteiger partial charge is 0.454 e. The summed E-state index contributed by atoms with van der Waals surface area (Å²) in [5.74, 6) is 3.40. The fourth-order valence-electron chi connectivity index (χ4n) is 5.31. The fourth-order valence-corrected chi connectivity index (χ4v) is 5.31. The number of ether oxygens (including phenoxy) is 3. The average molecular weight is 431 g/mol. The Bertz CT molecular complexity index is 709. The summed E-state index contributed by atoms with van der Waals surface area (Å²) in [4.78, 5) is 14.6. The molecule has 6 nitrogen and oxygen atoms in total. The lowest BCUT2D eigenvalue weighted by atomic mass is 9.83. The Morgan fingerprint density at radius 1 is 1.13 bits per heavy atom. The molecular formula is C25H38N2O4. The molecule has 2 aliphatic heterocycles. The minimum atomic E-state index is 0.140. The molecule has 0 bridgehead atoms. The number of hydrogen-bond acceptors (Lipinski definition) is 5. The minimum Gasteiger partial charge on any atom is -0.454 e. The third kappa shape index (κ3) is 6.13. The van der Waals surface area contributed by atoms with Crippen LogP contribution in [0.15, 0.2) is 18.2 Å². The molecule has 1 N–H and O–H groups in total. The van der Waals surface area contributed by atoms with Gasteiger partial charge >= 0.3 is 0 Å². The van der Waals surface area contributed by atoms with E-state index in [2.05, 4.69) is 22.3 Å². The lowest BCUT2D eigenvalue weighted by Crippen LogP contribution is -2.39. The van der Waals surface area contributed by atoms with E-state index in [4.69, 9.17) is 14.2 Å². The lowest BCUT2D eigenvalue weighted by molar-refractivity contribution is -0.123. The Kier molecular flexibility index (Phi) is 8.09. The van der Waals surface area contributed by atoms with E-state index in [9.17, 15) is 4.79 Å². The van der Waals surface area contributed by atoms with Crippen molar-refractivity contribution in [3.63, 3.8) is 0 Å². The van der Waals surface area contributed by atoms with E-state index < -0.39 is 0 Å². The Labute approximate surface area is 186 Å². The highest BCUT2D eigenvalue weighted by molar-refractivity contribution is 5.76. The van der Waals surface area contributed by atoms with Crippen LogP contribution < -0.4 is 14.8 Å². The van der Waals surface area contributed by atoms with Gasteiger partial charge in [0.05, 0.1) is 6.61 Å². The zero-order chi connectivity index (χ0) is 21.5. The number of fused-ring (bicyclic) bond motifs is 1. The highest BCUT2D eigenvalue weighted by Crippen LogP contribution is 2.42. The van der Waals surface area contributed by atoms with Gasteiger partial charge in [-0.05, 0) is 89.4 Å². The summed E-state index contributed by atoms with van der Waals surface area (Å²) >= 11 is 0. The second-order valence-corrected chi connectivity index (χ2v) is 9.22. The number of amides is 1. The van der Waals surface area contributed by atoms with Gasteiger partial charge < -0.3 is 24.4 Å². The van der Waals surface area contributed by atoms with Crippen molar-refractivity contribution in [1.82, 2.24) is 10.2 Å². The molecule has 1 saturated carbocycles. The monoisotopic (exact) mass is 430 g/mol. The molecule has 0 aromatic heterocycles. The van der Waals surface area contributed by atoms with Crippen molar-refractivity contribution in [2.45, 2.75) is 70.3 Å². The minimum absolute atomic E-state index is 0.140. The van der Waals surface area contributed by atoms with Crippen LogP contribution in [0.25, 0.3) is 0 Å². The first kappa shape index (κ1) is 22.4. The van der Waals surface area contributed by atoms with E-state index in [0.29, 0.717) is 38.4 Å². The molecule has 172 valence electrons. The van der Waals surface area contributed by atoms with Gasteiger partial charge in [-0.15, -0.1) is 0 Å². The normalized spacial score (nSPS) is 24.3. The summed E-state index contributed by atoms with van der Waals surface area (Å²) in [5.41, 5.74) is 1.33. The van der Waals surface area contributed by atoms with E-state index >= 15 is 0 Å². The SMILES string of the molecule is CCOCCC(=O)N[C@H]1CC[C@H](CCN2CCC(c3cccc4c3OCO4)CC2)CC1. The lowest BCUT2D eigenvalue weighted by Gasteiger charge is -2.34. The molecule has 31 heavy (non-hydrogen) atoms. The van der Waals surface area contributed by atoms with Crippen LogP contribution in [0.5, 0.6) is 11.5 Å². The third-order valence-corrected chi connectivity index (χ3v) is 7.20. The van der Waals surface area contributed by atoms with Crippen LogP contribution in [0.2, 0.25) is 0 Å². The van der Waals surface area contributed by atoms with Gasteiger partial charge in [0.1, 0.15) is 0 Å². The number of nitrogens with zero attached hydrogens (tertiary/aromatic N) is 1. The maximum Gasteiger partial charge on any atom is 0.231 e. The molecule has 0 spiro atoms. The molecule has 3 aliphatic rings. The van der Waals surface area contributed by atoms with Crippen LogP contribution in [0, 0.1) is 5.92 Å². The first-order valence-corrected chi connectivity index (χ1v) is 12.2. The van der Waals surface area contributed by atoms with E-state index in [0.717, 1.165) is 30.3 Å². The molecule has 1 aromatic rings. The topological polar surface area (TPSA) is 60.0 Å². The highest BCUT2D eigenvalue weighted by atomic mass is 16.7. The van der Waals surface area contributed by atoms with Crippen molar-refractivity contribution >= 4 is 5.91 Å². The van der Waals surface area contributed by atoms with Gasteiger partial charge in [0.25, 0.3) is 0 Å². The Morgan fingerprint density at radius 2 is 1.94 bits per heavy atom. The smallest absolute Gasteiger partial charge is 0.231 e. The first-order valence-electron chi connectivity index (χ1n) is 12.2. The number of piperidine rings is 1. The second-order valence-electron chi connectivity index (χ2n) is 9.22. The number of benzene rings is 1. The van der Waals surface area contributed by atoms with Gasteiger partial charge in [0.2, 0.25) is 12.7 Å². The molecule has 1 aliphatic carbocycles. The van der Waals surface area contributed by atoms with Crippen LogP contribution in [-0.4, -0.2) is 56.5 Å². The van der Waals surface area contributed by atoms with Gasteiger partial charge in [-0.3, -0.25) is 4.79 Å². The summed E-state index contributed by atoms with van der Waals surface area (Å²) in [6, 6.07) is 6.66. The number of carbonyl (C=O) groups excluding carboxylic acids is 1. The fraction of sp³-hybridized carbons (Fsp3) is 0.720. The van der Waals surface area contributed by atoms with Crippen LogP contribution >= 0.6 is 0 Å². The van der Waals surface area contributed by atoms with Crippen molar-refractivity contribution < 1.29 is 19.0 Å². The van der Waals surface area contributed by atoms with Crippen molar-refractivity contribution in [2.75, 3.05) is 39.6 Å². The number of rotatable bonds is 9. The Morgan fingerprint density at radius 3 is 2.71 bits per heavy atom. The third-order valence-electron chi connectivity index (χ3n) is 7.20. The van der Waals surface area contributed by atoms with Crippen molar-refractivity contribution in [1.29, 1.82) is 0 Å². The van der Waals surface area contributed by atoms with Gasteiger partial charge in [0, 0.05) is 24.6 Å². The van der Waals surface area contributed by atoms with Crippen molar-refractivity contribution in [2.24, 2.45) is 5.92 Å². The van der Waals surface area contributed by atoms with Gasteiger partial charge in [-0.2, -0.15) is 0 Å². The number of nitrogens with one attached hydrogen (secondary N) is 1. The Balaban J connectivity index is 1.12. The molecule has 1 aromatic carbocycles. The summed E-state index contributed by atoms with van der Waals surface area (Å²) in [5, 5.41) is 3.19. The molecule has 2 fully saturated rings. The van der Waals surface area contributed by atoms with E-state index in [1.807, 2.05) is 13.0 Å². The maximum atomic E-state index is 12.0. The molecule has 1 saturated heterocycles. The van der Waals surface area contributed by atoms with E-state index in [1.54, 1.807) is 0 Å². The highest BCUT2D eigenvalue weighted by Gasteiger charge is 2.28. The Hall–Kier alpha value is -1.79. The van der Waals surface area contributed by atoms with Crippen molar-refractivity contribution in [3.05, 3.63) is 23.8 Å². The number of hydrogen-bond donors (Lipinski definition) is 1. The predicted octanol–water partition coefficient (Wildman–Crippen LogP) is 4.09. The van der Waals surface area contributed by atoms with Crippen LogP contribution in [0.3, 0.4) is 0 Å². The molecule has 0 atom stereocenters. The van der Waals surface area contributed by atoms with Crippen LogP contribution in [0.1, 0.15) is 69.8 Å². The summed E-state index contributed by atoms with van der Waals surface area (Å²) in [7, 11) is 0. The summed E-state index contributed by atoms with van der Waals surface area (Å²) in [6.45, 7) is 7.05. The zero-order valence-corrected chi connectivity index (χ0v) is 18.9. The summed E-state index contributed by atoms with van der Waals surface area (Å²) in [6.07, 6.45) is 8.87. The quantitative estimate of drug-likeness (QED) is 0.598.